The summed E-state index contributed by atoms with van der Waals surface area (Å²) < 4.78 is 21.3. The van der Waals surface area contributed by atoms with Gasteiger partial charge in [0.05, 0.1) is 11.1 Å². The molecule has 0 bridgehead atoms. The van der Waals surface area contributed by atoms with Crippen LogP contribution in [0, 0.1) is 4.91 Å². The summed E-state index contributed by atoms with van der Waals surface area (Å²) in [5, 5.41) is 3.22. The number of nitrogen functional groups attached to an aromatic ring is 1. The average Bonchev–Trinajstić information content (AvgIpc) is 3.17. The van der Waals surface area contributed by atoms with Gasteiger partial charge in [-0.05, 0) is 56.2 Å². The molecule has 8 nitrogen and oxygen atoms in total. The molecule has 2 aromatic heterocycles. The van der Waals surface area contributed by atoms with Gasteiger partial charge in [0.2, 0.25) is 16.5 Å². The van der Waals surface area contributed by atoms with Crippen LogP contribution in [0.4, 0.5) is 16.6 Å². The maximum Gasteiger partial charge on any atom is 0.411 e. The first-order valence-corrected chi connectivity index (χ1v) is 11.4. The van der Waals surface area contributed by atoms with Crippen LogP contribution in [0.1, 0.15) is 18.7 Å². The van der Waals surface area contributed by atoms with Gasteiger partial charge in [-0.25, -0.2) is 4.98 Å². The van der Waals surface area contributed by atoms with E-state index in [-0.39, 0.29) is 16.9 Å². The van der Waals surface area contributed by atoms with Crippen molar-refractivity contribution in [3.63, 3.8) is 0 Å². The normalized spacial score (nSPS) is 12.3. The Morgan fingerprint density at radius 1 is 1.21 bits per heavy atom. The van der Waals surface area contributed by atoms with Crippen LogP contribution in [0.15, 0.2) is 47.5 Å². The molecule has 0 aliphatic heterocycles. The van der Waals surface area contributed by atoms with E-state index in [9.17, 15) is 14.0 Å². The van der Waals surface area contributed by atoms with Gasteiger partial charge in [-0.2, -0.15) is 10.6 Å². The van der Waals surface area contributed by atoms with Crippen molar-refractivity contribution in [2.24, 2.45) is 0 Å². The van der Waals surface area contributed by atoms with Crippen LogP contribution in [0.2, 0.25) is 0 Å². The first-order chi connectivity index (χ1) is 13.7. The Morgan fingerprint density at radius 2 is 1.90 bits per heavy atom. The Morgan fingerprint density at radius 3 is 2.52 bits per heavy atom. The van der Waals surface area contributed by atoms with Crippen molar-refractivity contribution in [3.05, 3.63) is 52.4 Å². The van der Waals surface area contributed by atoms with Crippen LogP contribution < -0.4 is 15.8 Å². The largest absolute Gasteiger partial charge is 0.411 e. The highest BCUT2D eigenvalue weighted by atomic mass is 32.3. The van der Waals surface area contributed by atoms with E-state index < -0.39 is 10.6 Å². The molecule has 0 unspecified atom stereocenters. The molecular weight excluding hydrogens is 410 g/mol. The van der Waals surface area contributed by atoms with Gasteiger partial charge in [0.25, 0.3) is 0 Å². The number of anilines is 1. The minimum Gasteiger partial charge on any atom is -0.377 e. The number of rotatable bonds is 7. The van der Waals surface area contributed by atoms with E-state index in [1.54, 1.807) is 44.2 Å². The topological polar surface area (TPSA) is 124 Å². The fourth-order valence-electron chi connectivity index (χ4n) is 2.62. The fourth-order valence-corrected chi connectivity index (χ4v) is 4.63. The highest BCUT2D eigenvalue weighted by molar-refractivity contribution is 8.24. The van der Waals surface area contributed by atoms with Gasteiger partial charge in [0.1, 0.15) is 0 Å². The van der Waals surface area contributed by atoms with E-state index in [2.05, 4.69) is 15.3 Å². The quantitative estimate of drug-likeness (QED) is 0.400. The predicted molar refractivity (Wildman–Crippen MR) is 120 cm³/mol. The number of nitrogens with one attached hydrogen (secondary N) is 1. The molecule has 0 saturated heterocycles. The maximum atomic E-state index is 12.8. The summed E-state index contributed by atoms with van der Waals surface area (Å²) in [6.45, 7) is 4.19. The number of hydrogen-bond donors (Lipinski definition) is 4. The molecule has 0 fully saturated rings. The molecule has 0 saturated carbocycles. The molecule has 3 rings (SSSR count). The smallest absolute Gasteiger partial charge is 0.377 e. The van der Waals surface area contributed by atoms with Gasteiger partial charge in [-0.3, -0.25) is 9.11 Å². The first kappa shape index (κ1) is 21.3. The number of nitroso groups, excluding NO2 is 1. The molecule has 1 aromatic carbocycles. The Labute approximate surface area is 174 Å². The van der Waals surface area contributed by atoms with E-state index in [1.165, 1.54) is 17.5 Å². The second kappa shape index (κ2) is 8.56. The third-order valence-corrected chi connectivity index (χ3v) is 7.66. The van der Waals surface area contributed by atoms with E-state index >= 15 is 0 Å². The minimum atomic E-state index is -2.86. The number of nitrogens with two attached hydrogens (primary N) is 1. The van der Waals surface area contributed by atoms with Crippen LogP contribution in [-0.4, -0.2) is 31.4 Å². The Balaban J connectivity index is 1.91. The lowest BCUT2D eigenvalue weighted by Crippen LogP contribution is -2.10. The molecule has 29 heavy (non-hydrogen) atoms. The molecule has 10 heteroatoms. The van der Waals surface area contributed by atoms with Crippen LogP contribution in [0.25, 0.3) is 11.3 Å². The molecule has 154 valence electrons. The zero-order valence-electron chi connectivity index (χ0n) is 16.4. The van der Waals surface area contributed by atoms with Gasteiger partial charge < -0.3 is 11.1 Å². The summed E-state index contributed by atoms with van der Waals surface area (Å²) >= 11 is 1.35. The SMILES string of the molecule is CNCc1ccc([N+](=O)c2nc(-c3ccc(S(O)(O)C(C)C)cc3)cnc2N)s1. The molecule has 0 radical (unpaired) electrons. The summed E-state index contributed by atoms with van der Waals surface area (Å²) in [7, 11) is -1.02. The van der Waals surface area contributed by atoms with Gasteiger partial charge in [0, 0.05) is 33.1 Å². The molecule has 5 N–H and O–H groups in total. The van der Waals surface area contributed by atoms with Crippen molar-refractivity contribution < 1.29 is 9.11 Å². The zero-order chi connectivity index (χ0) is 21.2. The van der Waals surface area contributed by atoms with Crippen molar-refractivity contribution >= 4 is 38.6 Å². The lowest BCUT2D eigenvalue weighted by molar-refractivity contribution is 0.476. The molecular formula is C19H24N5O3S2+. The minimum absolute atomic E-state index is 0.0240. The van der Waals surface area contributed by atoms with Gasteiger partial charge in [-0.1, -0.05) is 16.2 Å². The number of aromatic nitrogens is 2. The molecule has 0 amide bonds. The molecule has 0 aliphatic rings. The second-order valence-electron chi connectivity index (χ2n) is 6.69. The van der Waals surface area contributed by atoms with Gasteiger partial charge >= 0.3 is 5.82 Å². The standard InChI is InChI=1S/C19H23N5O3S2/c1-12(2)29(26,27)15-7-4-13(5-8-15)16-11-22-18(20)19(23-16)24(25)17-9-6-14(28-17)10-21-3/h4-9,11-12,21H,10H2,1-3H3,(H3-,20,22,26,27)/p+1. The number of benzene rings is 1. The lowest BCUT2D eigenvalue weighted by atomic mass is 10.2. The highest BCUT2D eigenvalue weighted by Gasteiger charge is 2.26. The third-order valence-electron chi connectivity index (χ3n) is 4.33. The van der Waals surface area contributed by atoms with E-state index in [0.717, 1.165) is 4.88 Å². The van der Waals surface area contributed by atoms with Gasteiger partial charge in [-0.15, -0.1) is 0 Å². The molecule has 3 aromatic rings. The Bertz CT molecular complexity index is 1020. The summed E-state index contributed by atoms with van der Waals surface area (Å²) in [5.41, 5.74) is 7.06. The maximum absolute atomic E-state index is 12.8. The Kier molecular flexibility index (Phi) is 6.30. The van der Waals surface area contributed by atoms with Crippen molar-refractivity contribution in [1.82, 2.24) is 20.0 Å². The zero-order valence-corrected chi connectivity index (χ0v) is 18.0. The van der Waals surface area contributed by atoms with Gasteiger partial charge in [0.15, 0.2) is 0 Å². The second-order valence-corrected chi connectivity index (χ2v) is 10.4. The summed E-state index contributed by atoms with van der Waals surface area (Å²) in [5.74, 6) is 0.0637. The van der Waals surface area contributed by atoms with Crippen molar-refractivity contribution in [3.8, 4) is 11.3 Å². The summed E-state index contributed by atoms with van der Waals surface area (Å²) in [6, 6.07) is 10.4. The molecule has 0 spiro atoms. The van der Waals surface area contributed by atoms with Crippen LogP contribution in [0.3, 0.4) is 0 Å². The summed E-state index contributed by atoms with van der Waals surface area (Å²) in [6.07, 6.45) is 1.49. The monoisotopic (exact) mass is 434 g/mol. The third kappa shape index (κ3) is 4.46. The van der Waals surface area contributed by atoms with Crippen molar-refractivity contribution in [2.75, 3.05) is 12.8 Å². The predicted octanol–water partition coefficient (Wildman–Crippen LogP) is 4.63. The number of nitrogens with zero attached hydrogens (tertiary/aromatic N) is 3. The van der Waals surface area contributed by atoms with Crippen LogP contribution in [-0.2, 0) is 6.54 Å². The number of thiophene rings is 1. The fraction of sp³-hybridized carbons (Fsp3) is 0.263. The average molecular weight is 435 g/mol. The molecule has 0 atom stereocenters. The lowest BCUT2D eigenvalue weighted by Gasteiger charge is -2.36. The molecule has 0 aliphatic carbocycles. The van der Waals surface area contributed by atoms with E-state index in [4.69, 9.17) is 5.73 Å². The van der Waals surface area contributed by atoms with Crippen LogP contribution >= 0.6 is 21.9 Å². The Hall–Kier alpha value is -2.37. The summed E-state index contributed by atoms with van der Waals surface area (Å²) in [4.78, 5) is 22.8. The van der Waals surface area contributed by atoms with Crippen molar-refractivity contribution in [1.29, 1.82) is 0 Å². The highest BCUT2D eigenvalue weighted by Crippen LogP contribution is 2.52. The van der Waals surface area contributed by atoms with Crippen molar-refractivity contribution in [2.45, 2.75) is 30.5 Å². The van der Waals surface area contributed by atoms with E-state index in [1.807, 2.05) is 13.1 Å². The van der Waals surface area contributed by atoms with E-state index in [0.29, 0.717) is 32.5 Å². The molecule has 2 heterocycles. The first-order valence-electron chi connectivity index (χ1n) is 8.94. The number of hydrogen-bond acceptors (Lipinski definition) is 8. The van der Waals surface area contributed by atoms with Crippen LogP contribution in [0.5, 0.6) is 0 Å².